The molecular weight excluding hydrogens is 186 g/mol. The van der Waals surface area contributed by atoms with E-state index in [0.29, 0.717) is 0 Å². The average Bonchev–Trinajstić information content (AvgIpc) is 2.31. The third kappa shape index (κ3) is 3.31. The Bertz CT molecular complexity index is 318. The summed E-state index contributed by atoms with van der Waals surface area (Å²) in [5, 5.41) is 3.02. The second-order valence-corrected chi connectivity index (χ2v) is 2.86. The summed E-state index contributed by atoms with van der Waals surface area (Å²) in [7, 11) is 3.54. The molecule has 0 atom stereocenters. The largest absolute Gasteiger partial charge is 0.496 e. The van der Waals surface area contributed by atoms with Crippen LogP contribution in [-0.4, -0.2) is 14.2 Å². The van der Waals surface area contributed by atoms with Crippen LogP contribution in [0, 0.1) is 6.92 Å². The van der Waals surface area contributed by atoms with E-state index in [1.807, 2.05) is 46.0 Å². The van der Waals surface area contributed by atoms with Crippen molar-refractivity contribution in [2.24, 2.45) is 0 Å². The van der Waals surface area contributed by atoms with Crippen molar-refractivity contribution in [2.45, 2.75) is 20.8 Å². The number of nitrogens with one attached hydrogen (secondary N) is 1. The van der Waals surface area contributed by atoms with Gasteiger partial charge in [0.05, 0.1) is 7.11 Å². The maximum absolute atomic E-state index is 5.21. The number of methoxy groups -OCH3 is 1. The van der Waals surface area contributed by atoms with Gasteiger partial charge in [-0.1, -0.05) is 32.6 Å². The molecule has 0 aliphatic carbocycles. The molecule has 1 rings (SSSR count). The first-order valence-electron chi connectivity index (χ1n) is 5.21. The van der Waals surface area contributed by atoms with E-state index in [9.17, 15) is 0 Å². The first-order chi connectivity index (χ1) is 7.20. The van der Waals surface area contributed by atoms with Crippen LogP contribution in [-0.2, 0) is 0 Å². The van der Waals surface area contributed by atoms with Gasteiger partial charge in [0.1, 0.15) is 5.75 Å². The highest BCUT2D eigenvalue weighted by Gasteiger charge is 2.05. The van der Waals surface area contributed by atoms with Gasteiger partial charge >= 0.3 is 0 Å². The molecule has 0 spiro atoms. The van der Waals surface area contributed by atoms with Crippen LogP contribution in [0.1, 0.15) is 25.0 Å². The molecule has 0 radical (unpaired) electrons. The molecule has 1 N–H and O–H groups in total. The molecule has 1 aromatic rings. The molecule has 0 aromatic heterocycles. The van der Waals surface area contributed by atoms with Crippen molar-refractivity contribution in [1.29, 1.82) is 0 Å². The van der Waals surface area contributed by atoms with Crippen molar-refractivity contribution in [3.8, 4) is 5.75 Å². The van der Waals surface area contributed by atoms with Crippen molar-refractivity contribution in [1.82, 2.24) is 5.32 Å². The molecule has 0 amide bonds. The molecule has 84 valence electrons. The van der Waals surface area contributed by atoms with Gasteiger partial charge < -0.3 is 10.1 Å². The molecule has 0 bridgehead atoms. The zero-order valence-electron chi connectivity index (χ0n) is 10.3. The highest BCUT2D eigenvalue weighted by Crippen LogP contribution is 2.24. The van der Waals surface area contributed by atoms with Crippen molar-refractivity contribution < 1.29 is 4.74 Å². The molecule has 0 aliphatic rings. The minimum atomic E-state index is 0.897. The SMILES string of the molecule is C=C(NC)c1cccc(OC)c1C.CC. The van der Waals surface area contributed by atoms with Gasteiger partial charge in [0.25, 0.3) is 0 Å². The maximum Gasteiger partial charge on any atom is 0.122 e. The average molecular weight is 207 g/mol. The summed E-state index contributed by atoms with van der Waals surface area (Å²) in [5.41, 5.74) is 3.13. The van der Waals surface area contributed by atoms with E-state index in [1.165, 1.54) is 0 Å². The topological polar surface area (TPSA) is 21.3 Å². The van der Waals surface area contributed by atoms with Crippen LogP contribution in [0.15, 0.2) is 24.8 Å². The highest BCUT2D eigenvalue weighted by atomic mass is 16.5. The van der Waals surface area contributed by atoms with E-state index in [4.69, 9.17) is 4.74 Å². The highest BCUT2D eigenvalue weighted by molar-refractivity contribution is 5.66. The minimum absolute atomic E-state index is 0.897. The second kappa shape index (κ2) is 6.93. The number of hydrogen-bond acceptors (Lipinski definition) is 2. The lowest BCUT2D eigenvalue weighted by Crippen LogP contribution is -2.04. The molecule has 1 aromatic carbocycles. The number of benzene rings is 1. The van der Waals surface area contributed by atoms with Crippen molar-refractivity contribution >= 4 is 5.70 Å². The summed E-state index contributed by atoms with van der Waals surface area (Å²) < 4.78 is 5.21. The number of ether oxygens (including phenoxy) is 1. The fourth-order valence-electron chi connectivity index (χ4n) is 1.30. The lowest BCUT2D eigenvalue weighted by atomic mass is 10.1. The van der Waals surface area contributed by atoms with E-state index in [0.717, 1.165) is 22.6 Å². The van der Waals surface area contributed by atoms with Crippen LogP contribution in [0.4, 0.5) is 0 Å². The first-order valence-corrected chi connectivity index (χ1v) is 5.21. The van der Waals surface area contributed by atoms with Crippen molar-refractivity contribution in [2.75, 3.05) is 14.2 Å². The Kier molecular flexibility index (Phi) is 6.27. The second-order valence-electron chi connectivity index (χ2n) is 2.86. The molecule has 15 heavy (non-hydrogen) atoms. The zero-order valence-corrected chi connectivity index (χ0v) is 10.3. The predicted octanol–water partition coefficient (Wildman–Crippen LogP) is 3.22. The summed E-state index contributed by atoms with van der Waals surface area (Å²) in [6.45, 7) is 9.94. The number of rotatable bonds is 3. The lowest BCUT2D eigenvalue weighted by molar-refractivity contribution is 0.411. The zero-order chi connectivity index (χ0) is 11.8. The van der Waals surface area contributed by atoms with Crippen LogP contribution in [0.3, 0.4) is 0 Å². The molecular formula is C13H21NO. The standard InChI is InChI=1S/C11H15NO.C2H6/c1-8-10(9(2)12-3)6-5-7-11(8)13-4;1-2/h5-7,12H,2H2,1,3-4H3;1-2H3. The van der Waals surface area contributed by atoms with E-state index in [-0.39, 0.29) is 0 Å². The molecule has 2 heteroatoms. The Morgan fingerprint density at radius 2 is 1.93 bits per heavy atom. The van der Waals surface area contributed by atoms with Gasteiger partial charge in [-0.25, -0.2) is 0 Å². The maximum atomic E-state index is 5.21. The van der Waals surface area contributed by atoms with Gasteiger partial charge in [0, 0.05) is 23.9 Å². The molecule has 0 fully saturated rings. The summed E-state index contributed by atoms with van der Waals surface area (Å²) in [6, 6.07) is 5.93. The third-order valence-corrected chi connectivity index (χ3v) is 2.13. The van der Waals surface area contributed by atoms with Gasteiger partial charge in [-0.05, 0) is 13.0 Å². The summed E-state index contributed by atoms with van der Waals surface area (Å²) in [6.07, 6.45) is 0. The Hall–Kier alpha value is -1.44. The molecule has 0 saturated heterocycles. The molecule has 0 aliphatic heterocycles. The van der Waals surface area contributed by atoms with Crippen molar-refractivity contribution in [3.05, 3.63) is 35.9 Å². The van der Waals surface area contributed by atoms with Gasteiger partial charge in [-0.3, -0.25) is 0 Å². The van der Waals surface area contributed by atoms with E-state index >= 15 is 0 Å². The van der Waals surface area contributed by atoms with Crippen LogP contribution < -0.4 is 10.1 Å². The Balaban J connectivity index is 0.000000921. The fourth-order valence-corrected chi connectivity index (χ4v) is 1.30. The van der Waals surface area contributed by atoms with Crippen LogP contribution in [0.2, 0.25) is 0 Å². The smallest absolute Gasteiger partial charge is 0.122 e. The van der Waals surface area contributed by atoms with E-state index < -0.39 is 0 Å². The first kappa shape index (κ1) is 13.6. The molecule has 0 heterocycles. The van der Waals surface area contributed by atoms with E-state index in [1.54, 1.807) is 7.11 Å². The van der Waals surface area contributed by atoms with Crippen LogP contribution in [0.25, 0.3) is 5.70 Å². The normalized spacial score (nSPS) is 8.60. The number of hydrogen-bond donors (Lipinski definition) is 1. The van der Waals surface area contributed by atoms with E-state index in [2.05, 4.69) is 11.9 Å². The lowest BCUT2D eigenvalue weighted by Gasteiger charge is -2.11. The fraction of sp³-hybridized carbons (Fsp3) is 0.385. The Morgan fingerprint density at radius 1 is 1.33 bits per heavy atom. The van der Waals surface area contributed by atoms with Crippen LogP contribution in [0.5, 0.6) is 5.75 Å². The van der Waals surface area contributed by atoms with Crippen molar-refractivity contribution in [3.63, 3.8) is 0 Å². The molecule has 0 saturated carbocycles. The van der Waals surface area contributed by atoms with Gasteiger partial charge in [-0.2, -0.15) is 0 Å². The quantitative estimate of drug-likeness (QED) is 0.821. The summed E-state index contributed by atoms with van der Waals surface area (Å²) >= 11 is 0. The molecule has 2 nitrogen and oxygen atoms in total. The summed E-state index contributed by atoms with van der Waals surface area (Å²) in [5.74, 6) is 0.897. The predicted molar refractivity (Wildman–Crippen MR) is 67.2 cm³/mol. The minimum Gasteiger partial charge on any atom is -0.496 e. The Morgan fingerprint density at radius 3 is 2.40 bits per heavy atom. The Labute approximate surface area is 93.0 Å². The summed E-state index contributed by atoms with van der Waals surface area (Å²) in [4.78, 5) is 0. The van der Waals surface area contributed by atoms with Gasteiger partial charge in [-0.15, -0.1) is 0 Å². The van der Waals surface area contributed by atoms with Gasteiger partial charge in [0.2, 0.25) is 0 Å². The monoisotopic (exact) mass is 207 g/mol. The molecule has 0 unspecified atom stereocenters. The third-order valence-electron chi connectivity index (χ3n) is 2.13. The van der Waals surface area contributed by atoms with Crippen LogP contribution >= 0.6 is 0 Å². The van der Waals surface area contributed by atoms with Gasteiger partial charge in [0.15, 0.2) is 0 Å².